The summed E-state index contributed by atoms with van der Waals surface area (Å²) in [5.41, 5.74) is 6.04. The van der Waals surface area contributed by atoms with Crippen molar-refractivity contribution < 1.29 is 8.42 Å². The van der Waals surface area contributed by atoms with Crippen molar-refractivity contribution in [3.05, 3.63) is 28.8 Å². The Bertz CT molecular complexity index is 596. The zero-order valence-electron chi connectivity index (χ0n) is 10.3. The molecule has 2 rings (SSSR count). The minimum atomic E-state index is -3.56. The average Bonchev–Trinajstić information content (AvgIpc) is 2.39. The lowest BCUT2D eigenvalue weighted by atomic mass is 10.2. The van der Waals surface area contributed by atoms with Gasteiger partial charge in [0.15, 0.2) is 0 Å². The van der Waals surface area contributed by atoms with Gasteiger partial charge in [-0.3, -0.25) is 0 Å². The predicted octanol–water partition coefficient (Wildman–Crippen LogP) is 2.15. The second kappa shape index (κ2) is 5.75. The van der Waals surface area contributed by atoms with E-state index < -0.39 is 10.0 Å². The standard InChI is InChI=1S/C12H15ClN2O2S2/c13-10-5-4-9(12(14)18)8-11(10)19(16,17)15-6-2-1-3-7-15/h4-5,8H,1-3,6-7H2,(H2,14,18). The summed E-state index contributed by atoms with van der Waals surface area (Å²) in [4.78, 5) is 0.244. The van der Waals surface area contributed by atoms with E-state index >= 15 is 0 Å². The number of piperidine rings is 1. The van der Waals surface area contributed by atoms with E-state index in [2.05, 4.69) is 0 Å². The molecule has 1 aromatic rings. The van der Waals surface area contributed by atoms with E-state index in [-0.39, 0.29) is 14.9 Å². The van der Waals surface area contributed by atoms with Crippen molar-refractivity contribution in [2.45, 2.75) is 24.2 Å². The van der Waals surface area contributed by atoms with Gasteiger partial charge in [-0.1, -0.05) is 36.3 Å². The van der Waals surface area contributed by atoms with Crippen molar-refractivity contribution >= 4 is 38.8 Å². The molecule has 1 fully saturated rings. The summed E-state index contributed by atoms with van der Waals surface area (Å²) in [5.74, 6) is 0. The first-order valence-corrected chi connectivity index (χ1v) is 8.25. The van der Waals surface area contributed by atoms with Gasteiger partial charge in [-0.25, -0.2) is 8.42 Å². The highest BCUT2D eigenvalue weighted by Gasteiger charge is 2.28. The minimum absolute atomic E-state index is 0.0846. The number of rotatable bonds is 3. The number of nitrogens with zero attached hydrogens (tertiary/aromatic N) is 1. The van der Waals surface area contributed by atoms with Crippen LogP contribution in [0, 0.1) is 0 Å². The largest absolute Gasteiger partial charge is 0.389 e. The molecule has 1 heterocycles. The molecule has 7 heteroatoms. The molecule has 0 aromatic heterocycles. The monoisotopic (exact) mass is 318 g/mol. The van der Waals surface area contributed by atoms with E-state index in [4.69, 9.17) is 29.6 Å². The lowest BCUT2D eigenvalue weighted by Crippen LogP contribution is -2.35. The van der Waals surface area contributed by atoms with Crippen LogP contribution in [-0.2, 0) is 10.0 Å². The molecule has 0 aliphatic carbocycles. The lowest BCUT2D eigenvalue weighted by Gasteiger charge is -2.26. The molecule has 19 heavy (non-hydrogen) atoms. The Balaban J connectivity index is 2.44. The van der Waals surface area contributed by atoms with Crippen LogP contribution in [-0.4, -0.2) is 30.8 Å². The second-order valence-electron chi connectivity index (χ2n) is 4.47. The summed E-state index contributed by atoms with van der Waals surface area (Å²) in [5, 5.41) is 0.200. The lowest BCUT2D eigenvalue weighted by molar-refractivity contribution is 0.346. The molecule has 2 N–H and O–H groups in total. The third kappa shape index (κ3) is 3.08. The van der Waals surface area contributed by atoms with Crippen molar-refractivity contribution in [3.8, 4) is 0 Å². The van der Waals surface area contributed by atoms with Gasteiger partial charge in [-0.2, -0.15) is 4.31 Å². The molecule has 0 amide bonds. The van der Waals surface area contributed by atoms with Gasteiger partial charge in [-0.05, 0) is 25.0 Å². The molecule has 1 saturated heterocycles. The van der Waals surface area contributed by atoms with Gasteiger partial charge in [0.25, 0.3) is 0 Å². The number of hydrogen-bond acceptors (Lipinski definition) is 3. The first kappa shape index (κ1) is 14.7. The summed E-state index contributed by atoms with van der Waals surface area (Å²) in [6.07, 6.45) is 2.82. The van der Waals surface area contributed by atoms with E-state index in [0.717, 1.165) is 19.3 Å². The third-order valence-electron chi connectivity index (χ3n) is 3.15. The molecule has 0 unspecified atom stereocenters. The SMILES string of the molecule is NC(=S)c1ccc(Cl)c(S(=O)(=O)N2CCCCC2)c1. The van der Waals surface area contributed by atoms with Gasteiger partial charge >= 0.3 is 0 Å². The number of hydrogen-bond donors (Lipinski definition) is 1. The van der Waals surface area contributed by atoms with Crippen LogP contribution in [0.3, 0.4) is 0 Å². The van der Waals surface area contributed by atoms with Gasteiger partial charge in [0.2, 0.25) is 10.0 Å². The maximum absolute atomic E-state index is 12.5. The maximum atomic E-state index is 12.5. The van der Waals surface area contributed by atoms with Crippen molar-refractivity contribution in [2.75, 3.05) is 13.1 Å². The fourth-order valence-corrected chi connectivity index (χ4v) is 4.24. The summed E-state index contributed by atoms with van der Waals surface area (Å²) in [6.45, 7) is 1.08. The molecule has 0 bridgehead atoms. The highest BCUT2D eigenvalue weighted by atomic mass is 35.5. The fraction of sp³-hybridized carbons (Fsp3) is 0.417. The van der Waals surface area contributed by atoms with E-state index in [1.165, 1.54) is 16.4 Å². The number of benzene rings is 1. The molecule has 0 atom stereocenters. The number of halogens is 1. The van der Waals surface area contributed by atoms with Crippen molar-refractivity contribution in [1.29, 1.82) is 0 Å². The number of nitrogens with two attached hydrogens (primary N) is 1. The molecule has 1 aliphatic heterocycles. The summed E-state index contributed by atoms with van der Waals surface area (Å²) < 4.78 is 26.6. The van der Waals surface area contributed by atoms with E-state index in [0.29, 0.717) is 18.7 Å². The zero-order valence-corrected chi connectivity index (χ0v) is 12.7. The van der Waals surface area contributed by atoms with Crippen LogP contribution in [0.15, 0.2) is 23.1 Å². The van der Waals surface area contributed by atoms with Gasteiger partial charge in [0, 0.05) is 18.7 Å². The first-order valence-electron chi connectivity index (χ1n) is 6.02. The smallest absolute Gasteiger partial charge is 0.244 e. The van der Waals surface area contributed by atoms with Crippen LogP contribution in [0.4, 0.5) is 0 Å². The Kier molecular flexibility index (Phi) is 4.45. The van der Waals surface area contributed by atoms with Gasteiger partial charge in [0.05, 0.1) is 5.02 Å². The third-order valence-corrected chi connectivity index (χ3v) is 5.76. The molecule has 0 radical (unpaired) electrons. The Morgan fingerprint density at radius 1 is 1.26 bits per heavy atom. The van der Waals surface area contributed by atoms with Crippen LogP contribution in [0.2, 0.25) is 5.02 Å². The van der Waals surface area contributed by atoms with Crippen LogP contribution in [0.25, 0.3) is 0 Å². The molecule has 4 nitrogen and oxygen atoms in total. The molecule has 0 spiro atoms. The van der Waals surface area contributed by atoms with Crippen LogP contribution < -0.4 is 5.73 Å². The average molecular weight is 319 g/mol. The quantitative estimate of drug-likeness (QED) is 0.867. The van der Waals surface area contributed by atoms with E-state index in [1.807, 2.05) is 0 Å². The topological polar surface area (TPSA) is 63.4 Å². The van der Waals surface area contributed by atoms with Crippen LogP contribution in [0.1, 0.15) is 24.8 Å². The number of thiocarbonyl (C=S) groups is 1. The molecular weight excluding hydrogens is 304 g/mol. The Hall–Kier alpha value is -0.690. The van der Waals surface area contributed by atoms with Crippen LogP contribution in [0.5, 0.6) is 0 Å². The number of sulfonamides is 1. The molecule has 1 aliphatic rings. The normalized spacial score (nSPS) is 17.3. The highest BCUT2D eigenvalue weighted by Crippen LogP contribution is 2.27. The van der Waals surface area contributed by atoms with Crippen LogP contribution >= 0.6 is 23.8 Å². The Morgan fingerprint density at radius 3 is 2.47 bits per heavy atom. The zero-order chi connectivity index (χ0) is 14.0. The first-order chi connectivity index (χ1) is 8.93. The summed E-state index contributed by atoms with van der Waals surface area (Å²) >= 11 is 10.9. The van der Waals surface area contributed by atoms with E-state index in [9.17, 15) is 8.42 Å². The summed E-state index contributed by atoms with van der Waals surface area (Å²) in [7, 11) is -3.56. The minimum Gasteiger partial charge on any atom is -0.389 e. The van der Waals surface area contributed by atoms with E-state index in [1.54, 1.807) is 6.07 Å². The second-order valence-corrected chi connectivity index (χ2v) is 7.23. The molecule has 104 valence electrons. The van der Waals surface area contributed by atoms with Gasteiger partial charge in [0.1, 0.15) is 9.88 Å². The van der Waals surface area contributed by atoms with Gasteiger partial charge < -0.3 is 5.73 Å². The summed E-state index contributed by atoms with van der Waals surface area (Å²) in [6, 6.07) is 4.60. The molecule has 0 saturated carbocycles. The molecular formula is C12H15ClN2O2S2. The predicted molar refractivity (Wildman–Crippen MR) is 79.9 cm³/mol. The Labute approximate surface area is 123 Å². The van der Waals surface area contributed by atoms with Gasteiger partial charge in [-0.15, -0.1) is 0 Å². The van der Waals surface area contributed by atoms with Crippen molar-refractivity contribution in [3.63, 3.8) is 0 Å². The Morgan fingerprint density at radius 2 is 1.89 bits per heavy atom. The molecule has 1 aromatic carbocycles. The highest BCUT2D eigenvalue weighted by molar-refractivity contribution is 7.89. The van der Waals surface area contributed by atoms with Crippen molar-refractivity contribution in [2.24, 2.45) is 5.73 Å². The van der Waals surface area contributed by atoms with Crippen molar-refractivity contribution in [1.82, 2.24) is 4.31 Å². The fourth-order valence-electron chi connectivity index (χ4n) is 2.10. The maximum Gasteiger partial charge on any atom is 0.244 e.